The van der Waals surface area contributed by atoms with Crippen molar-refractivity contribution < 1.29 is 4.74 Å². The second-order valence-corrected chi connectivity index (χ2v) is 18.3. The predicted octanol–water partition coefficient (Wildman–Crippen LogP) is 6.72. The van der Waals surface area contributed by atoms with Gasteiger partial charge in [0.05, 0.1) is 16.7 Å². The van der Waals surface area contributed by atoms with Crippen LogP contribution in [0.2, 0.25) is 30.7 Å². The van der Waals surface area contributed by atoms with Crippen LogP contribution in [0.5, 0.6) is 0 Å². The molecular weight excluding hydrogens is 500 g/mol. The van der Waals surface area contributed by atoms with Gasteiger partial charge in [-0.3, -0.25) is 4.68 Å². The van der Waals surface area contributed by atoms with Crippen molar-refractivity contribution >= 4 is 47.6 Å². The third kappa shape index (κ3) is 4.79. The fraction of sp³-hybridized carbons (Fsp3) is 0.536. The summed E-state index contributed by atoms with van der Waals surface area (Å²) in [6.45, 7) is 10.5. The van der Waals surface area contributed by atoms with Crippen LogP contribution in [0.4, 0.5) is 5.82 Å². The molecule has 196 valence electrons. The van der Waals surface area contributed by atoms with Crippen LogP contribution >= 0.6 is 11.6 Å². The molecule has 0 bridgehead atoms. The Bertz CT molecular complexity index is 1440. The Labute approximate surface area is 224 Å². The van der Waals surface area contributed by atoms with Crippen molar-refractivity contribution in [1.29, 1.82) is 0 Å². The van der Waals surface area contributed by atoms with Gasteiger partial charge in [0, 0.05) is 63.7 Å². The number of nitrogens with zero attached hydrogens (tertiary/aromatic N) is 6. The summed E-state index contributed by atoms with van der Waals surface area (Å²) in [5.74, 6) is 0.962. The van der Waals surface area contributed by atoms with Crippen LogP contribution in [0, 0.1) is 5.41 Å². The number of hydrogen-bond acceptors (Lipinski definition) is 5. The number of fused-ring (bicyclic) bond motifs is 2. The zero-order chi connectivity index (χ0) is 25.8. The van der Waals surface area contributed by atoms with E-state index in [2.05, 4.69) is 40.4 Å². The van der Waals surface area contributed by atoms with Gasteiger partial charge in [-0.1, -0.05) is 43.7 Å². The van der Waals surface area contributed by atoms with Crippen LogP contribution in [-0.4, -0.2) is 52.1 Å². The van der Waals surface area contributed by atoms with Crippen LogP contribution in [0.15, 0.2) is 30.7 Å². The highest BCUT2D eigenvalue weighted by atomic mass is 35.5. The number of hydrogen-bond donors (Lipinski definition) is 0. The van der Waals surface area contributed by atoms with Gasteiger partial charge in [-0.25, -0.2) is 9.97 Å². The first-order valence-electron chi connectivity index (χ1n) is 13.5. The number of anilines is 1. The first kappa shape index (κ1) is 24.9. The van der Waals surface area contributed by atoms with Crippen LogP contribution in [0.3, 0.4) is 0 Å². The maximum atomic E-state index is 6.93. The molecule has 4 heterocycles. The summed E-state index contributed by atoms with van der Waals surface area (Å²) in [4.78, 5) is 12.5. The fourth-order valence-electron chi connectivity index (χ4n) is 5.80. The van der Waals surface area contributed by atoms with E-state index in [1.54, 1.807) is 4.68 Å². The van der Waals surface area contributed by atoms with E-state index in [9.17, 15) is 0 Å². The fourth-order valence-corrected chi connectivity index (χ4v) is 6.87. The summed E-state index contributed by atoms with van der Waals surface area (Å²) in [7, 11) is 0.753. The maximum absolute atomic E-state index is 6.93. The molecule has 0 N–H and O–H groups in total. The van der Waals surface area contributed by atoms with Gasteiger partial charge >= 0.3 is 0 Å². The van der Waals surface area contributed by atoms with Crippen LogP contribution in [0.25, 0.3) is 33.2 Å². The quantitative estimate of drug-likeness (QED) is 0.194. The maximum Gasteiger partial charge on any atom is 0.163 e. The average molecular weight is 537 g/mol. The lowest BCUT2D eigenvalue weighted by Crippen LogP contribution is -2.43. The van der Waals surface area contributed by atoms with Crippen molar-refractivity contribution in [1.82, 2.24) is 24.3 Å². The lowest BCUT2D eigenvalue weighted by atomic mass is 9.63. The van der Waals surface area contributed by atoms with Gasteiger partial charge in [-0.05, 0) is 43.2 Å². The van der Waals surface area contributed by atoms with E-state index in [-0.39, 0.29) is 0 Å². The monoisotopic (exact) mass is 536 g/mol. The van der Waals surface area contributed by atoms with E-state index in [0.29, 0.717) is 17.2 Å². The second-order valence-electron chi connectivity index (χ2n) is 12.3. The molecule has 37 heavy (non-hydrogen) atoms. The molecule has 0 atom stereocenters. The molecule has 9 heteroatoms. The summed E-state index contributed by atoms with van der Waals surface area (Å²) in [5, 5.41) is 6.14. The highest BCUT2D eigenvalue weighted by Crippen LogP contribution is 2.49. The molecule has 1 saturated carbocycles. The summed E-state index contributed by atoms with van der Waals surface area (Å²) >= 11 is 6.93. The number of aromatic nitrogens is 5. The first-order valence-corrected chi connectivity index (χ1v) is 17.6. The highest BCUT2D eigenvalue weighted by molar-refractivity contribution is 6.76. The standard InChI is InChI=1S/C28H37ClN6OSi/c1-33-17-22-23(32-33)7-6-20(25(22)29)21-18-35(19-36-14-15-37(2,3)4)27-26(21)30-16-24(31-27)34-12-10-28(11-13-34)8-5-9-28/h6-7,16-18H,5,8-15,19H2,1-4H3. The Morgan fingerprint density at radius 2 is 1.84 bits per heavy atom. The molecule has 2 aliphatic rings. The Morgan fingerprint density at radius 3 is 2.54 bits per heavy atom. The Hall–Kier alpha value is -2.42. The normalized spacial score (nSPS) is 17.7. The third-order valence-electron chi connectivity index (χ3n) is 8.37. The number of halogens is 1. The number of aryl methyl sites for hydroxylation is 1. The topological polar surface area (TPSA) is 61.0 Å². The molecule has 1 spiro atoms. The van der Waals surface area contributed by atoms with Gasteiger partial charge in [-0.2, -0.15) is 5.10 Å². The van der Waals surface area contributed by atoms with E-state index < -0.39 is 8.07 Å². The zero-order valence-electron chi connectivity index (χ0n) is 22.4. The average Bonchev–Trinajstić information content (AvgIpc) is 3.41. The van der Waals surface area contributed by atoms with Crippen LogP contribution < -0.4 is 4.90 Å². The minimum absolute atomic E-state index is 0.453. The van der Waals surface area contributed by atoms with Crippen molar-refractivity contribution in [3.8, 4) is 11.1 Å². The molecule has 0 radical (unpaired) electrons. The molecule has 0 amide bonds. The molecule has 4 aromatic rings. The number of benzene rings is 1. The predicted molar refractivity (Wildman–Crippen MR) is 154 cm³/mol. The zero-order valence-corrected chi connectivity index (χ0v) is 24.2. The van der Waals surface area contributed by atoms with Gasteiger partial charge in [-0.15, -0.1) is 0 Å². The molecule has 1 aliphatic carbocycles. The minimum Gasteiger partial charge on any atom is -0.361 e. The molecule has 2 fully saturated rings. The largest absolute Gasteiger partial charge is 0.361 e. The van der Waals surface area contributed by atoms with Gasteiger partial charge in [0.15, 0.2) is 5.65 Å². The van der Waals surface area contributed by atoms with Crippen molar-refractivity contribution in [2.24, 2.45) is 12.5 Å². The Morgan fingerprint density at radius 1 is 1.05 bits per heavy atom. The molecule has 1 aliphatic heterocycles. The lowest BCUT2D eigenvalue weighted by Gasteiger charge is -2.48. The molecule has 6 rings (SSSR count). The molecule has 1 saturated heterocycles. The summed E-state index contributed by atoms with van der Waals surface area (Å²) in [6.07, 6.45) is 12.7. The summed E-state index contributed by atoms with van der Waals surface area (Å²) in [6, 6.07) is 5.20. The van der Waals surface area contributed by atoms with Crippen LogP contribution in [-0.2, 0) is 18.5 Å². The van der Waals surface area contributed by atoms with E-state index in [1.165, 1.54) is 32.1 Å². The lowest BCUT2D eigenvalue weighted by molar-refractivity contribution is 0.0898. The first-order chi connectivity index (χ1) is 17.7. The molecule has 7 nitrogen and oxygen atoms in total. The van der Waals surface area contributed by atoms with Gasteiger partial charge in [0.1, 0.15) is 18.1 Å². The summed E-state index contributed by atoms with van der Waals surface area (Å²) < 4.78 is 10.1. The SMILES string of the molecule is Cn1cc2c(Cl)c(-c3cn(COCC[Si](C)(C)C)c4nc(N5CCC6(CCC6)CC5)cnc34)ccc2n1. The van der Waals surface area contributed by atoms with Crippen molar-refractivity contribution in [2.45, 2.75) is 64.5 Å². The van der Waals surface area contributed by atoms with E-state index in [4.69, 9.17) is 26.3 Å². The molecular formula is C28H37ClN6OSi. The minimum atomic E-state index is -1.16. The van der Waals surface area contributed by atoms with Crippen molar-refractivity contribution in [2.75, 3.05) is 24.6 Å². The van der Waals surface area contributed by atoms with Crippen molar-refractivity contribution in [3.05, 3.63) is 35.7 Å². The number of ether oxygens (including phenoxy) is 1. The summed E-state index contributed by atoms with van der Waals surface area (Å²) in [5.41, 5.74) is 5.12. The van der Waals surface area contributed by atoms with Gasteiger partial charge in [0.2, 0.25) is 0 Å². The van der Waals surface area contributed by atoms with Crippen molar-refractivity contribution in [3.63, 3.8) is 0 Å². The number of piperidine rings is 1. The molecule has 1 aromatic carbocycles. The van der Waals surface area contributed by atoms with E-state index >= 15 is 0 Å². The Balaban J connectivity index is 1.35. The van der Waals surface area contributed by atoms with Gasteiger partial charge < -0.3 is 14.2 Å². The smallest absolute Gasteiger partial charge is 0.163 e. The highest BCUT2D eigenvalue weighted by Gasteiger charge is 2.39. The molecule has 0 unspecified atom stereocenters. The third-order valence-corrected chi connectivity index (χ3v) is 10.5. The van der Waals surface area contributed by atoms with Gasteiger partial charge in [0.25, 0.3) is 0 Å². The molecule has 3 aromatic heterocycles. The second kappa shape index (κ2) is 9.40. The van der Waals surface area contributed by atoms with E-state index in [1.807, 2.05) is 31.6 Å². The van der Waals surface area contributed by atoms with Crippen LogP contribution in [0.1, 0.15) is 32.1 Å². The Kier molecular flexibility index (Phi) is 6.32. The number of rotatable bonds is 7. The van der Waals surface area contributed by atoms with E-state index in [0.717, 1.165) is 64.8 Å².